The van der Waals surface area contributed by atoms with E-state index in [2.05, 4.69) is 36.3 Å². The highest BCUT2D eigenvalue weighted by atomic mass is 32.2. The van der Waals surface area contributed by atoms with Crippen LogP contribution in [0.1, 0.15) is 128 Å². The second-order valence-electron chi connectivity index (χ2n) is 20.7. The van der Waals surface area contributed by atoms with Crippen molar-refractivity contribution in [2.24, 2.45) is 16.5 Å². The number of hydrogen-bond acceptors (Lipinski definition) is 14. The average molecular weight is 1040 g/mol. The molecule has 23 heteroatoms. The van der Waals surface area contributed by atoms with E-state index in [1.807, 2.05) is 13.8 Å². The molecule has 3 rings (SSSR count). The predicted octanol–water partition coefficient (Wildman–Crippen LogP) is 2.74. The van der Waals surface area contributed by atoms with Crippen LogP contribution in [0.2, 0.25) is 0 Å². The molecule has 0 radical (unpaired) electrons. The molecule has 1 aliphatic heterocycles. The van der Waals surface area contributed by atoms with Crippen molar-refractivity contribution in [3.63, 3.8) is 0 Å². The van der Waals surface area contributed by atoms with E-state index in [-0.39, 0.29) is 50.1 Å². The number of nitrogens with one attached hydrogen (secondary N) is 6. The molecule has 22 nitrogen and oxygen atoms in total. The summed E-state index contributed by atoms with van der Waals surface area (Å²) in [5.74, 6) is -5.27. The zero-order chi connectivity index (χ0) is 55.1. The number of benzene rings is 2. The number of aliphatic imine (C=N–C) groups is 1. The molecule has 2 aromatic rings. The molecule has 0 fully saturated rings. The number of aliphatic carboxylic acids is 1. The van der Waals surface area contributed by atoms with Crippen LogP contribution in [0.3, 0.4) is 0 Å². The monoisotopic (exact) mass is 1040 g/mol. The van der Waals surface area contributed by atoms with Gasteiger partial charge in [0.15, 0.2) is 0 Å². The van der Waals surface area contributed by atoms with Gasteiger partial charge < -0.3 is 57.4 Å². The van der Waals surface area contributed by atoms with Crippen LogP contribution in [0.25, 0.3) is 0 Å². The molecule has 2 aromatic carbocycles. The normalized spacial score (nSPS) is 15.2. The second kappa shape index (κ2) is 26.5. The zero-order valence-electron chi connectivity index (χ0n) is 44.0. The topological polar surface area (TPSA) is 338 Å². The van der Waals surface area contributed by atoms with E-state index in [0.29, 0.717) is 47.3 Å². The number of carboxylic acids is 1. The van der Waals surface area contributed by atoms with Gasteiger partial charge >= 0.3 is 18.0 Å². The minimum atomic E-state index is -4.24. The Morgan fingerprint density at radius 1 is 0.781 bits per heavy atom. The van der Waals surface area contributed by atoms with Crippen molar-refractivity contribution in [2.75, 3.05) is 19.6 Å². The van der Waals surface area contributed by atoms with Crippen LogP contribution in [0.5, 0.6) is 5.75 Å². The van der Waals surface area contributed by atoms with E-state index < -0.39 is 112 Å². The van der Waals surface area contributed by atoms with Crippen LogP contribution in [0.15, 0.2) is 40.2 Å². The number of carboxylic acid groups (broad SMARTS) is 1. The molecule has 0 bridgehead atoms. The number of carbonyl (C=O) groups excluding carboxylic acids is 6. The highest BCUT2D eigenvalue weighted by Crippen LogP contribution is 2.42. The van der Waals surface area contributed by atoms with Crippen LogP contribution >= 0.6 is 0 Å². The van der Waals surface area contributed by atoms with Crippen molar-refractivity contribution >= 4 is 57.6 Å². The fourth-order valence-electron chi connectivity index (χ4n) is 7.81. The van der Waals surface area contributed by atoms with Gasteiger partial charge in [-0.3, -0.25) is 33.8 Å². The van der Waals surface area contributed by atoms with Crippen LogP contribution in [0, 0.1) is 20.8 Å². The smallest absolute Gasteiger partial charge is 0.407 e. The number of rotatable bonds is 24. The third kappa shape index (κ3) is 20.5. The van der Waals surface area contributed by atoms with Gasteiger partial charge in [0.25, 0.3) is 10.0 Å². The van der Waals surface area contributed by atoms with E-state index in [4.69, 9.17) is 25.7 Å². The highest BCUT2D eigenvalue weighted by Gasteiger charge is 2.35. The van der Waals surface area contributed by atoms with Gasteiger partial charge in [-0.05, 0) is 149 Å². The molecule has 0 saturated carbocycles. The van der Waals surface area contributed by atoms with Crippen LogP contribution < -0.4 is 47.5 Å². The summed E-state index contributed by atoms with van der Waals surface area (Å²) in [6, 6.07) is 3.15. The number of amides is 5. The molecule has 406 valence electrons. The van der Waals surface area contributed by atoms with Gasteiger partial charge in [0.2, 0.25) is 29.6 Å². The number of alkyl carbamates (subject to hydrolysis) is 1. The number of ether oxygens (including phenoxy) is 3. The van der Waals surface area contributed by atoms with Gasteiger partial charge in [0, 0.05) is 19.5 Å². The maximum absolute atomic E-state index is 14.2. The van der Waals surface area contributed by atoms with Crippen molar-refractivity contribution < 1.29 is 61.3 Å². The quantitative estimate of drug-likeness (QED) is 0.0316. The van der Waals surface area contributed by atoms with Crippen LogP contribution in [-0.4, -0.2) is 122 Å². The average Bonchev–Trinajstić information content (AvgIpc) is 3.25. The first-order chi connectivity index (χ1) is 33.8. The van der Waals surface area contributed by atoms with Crippen molar-refractivity contribution in [3.05, 3.63) is 58.1 Å². The first-order valence-electron chi connectivity index (χ1n) is 24.3. The number of carbonyl (C=O) groups is 7. The minimum Gasteiger partial charge on any atom is -0.487 e. The lowest BCUT2D eigenvalue weighted by molar-refractivity contribution is -0.156. The maximum atomic E-state index is 14.2. The van der Waals surface area contributed by atoms with Crippen LogP contribution in [-0.2, 0) is 61.1 Å². The molecule has 1 heterocycles. The number of fused-ring (bicyclic) bond motifs is 1. The third-order valence-corrected chi connectivity index (χ3v) is 13.1. The third-order valence-electron chi connectivity index (χ3n) is 11.4. The fraction of sp³-hybridized carbons (Fsp3) is 0.600. The van der Waals surface area contributed by atoms with Crippen molar-refractivity contribution in [1.82, 2.24) is 31.3 Å². The molecule has 5 amide bonds. The van der Waals surface area contributed by atoms with Gasteiger partial charge in [-0.2, -0.15) is 0 Å². The Hall–Kier alpha value is -6.49. The Kier molecular flexibility index (Phi) is 22.0. The fourth-order valence-corrected chi connectivity index (χ4v) is 9.33. The summed E-state index contributed by atoms with van der Waals surface area (Å²) in [7, 11) is -4.24. The predicted molar refractivity (Wildman–Crippen MR) is 273 cm³/mol. The summed E-state index contributed by atoms with van der Waals surface area (Å²) in [5.41, 5.74) is 13.3. The molecule has 1 aliphatic rings. The summed E-state index contributed by atoms with van der Waals surface area (Å²) in [4.78, 5) is 95.8. The van der Waals surface area contributed by atoms with E-state index >= 15 is 0 Å². The molecule has 4 atom stereocenters. The number of guanidine groups is 1. The maximum Gasteiger partial charge on any atom is 0.407 e. The molecule has 73 heavy (non-hydrogen) atoms. The Labute approximate surface area is 428 Å². The molecule has 0 aliphatic carbocycles. The lowest BCUT2D eigenvalue weighted by Crippen LogP contribution is -2.58. The lowest BCUT2D eigenvalue weighted by atomic mass is 9.88. The van der Waals surface area contributed by atoms with Gasteiger partial charge in [-0.15, -0.1) is 0 Å². The molecule has 0 saturated heterocycles. The number of esters is 1. The summed E-state index contributed by atoms with van der Waals surface area (Å²) in [5, 5.41) is 22.1. The summed E-state index contributed by atoms with van der Waals surface area (Å²) in [6.07, 6.45) is 0.459. The largest absolute Gasteiger partial charge is 0.487 e. The van der Waals surface area contributed by atoms with Crippen LogP contribution in [0.4, 0.5) is 4.79 Å². The first-order valence-corrected chi connectivity index (χ1v) is 25.8. The minimum absolute atomic E-state index is 0.0269. The van der Waals surface area contributed by atoms with Gasteiger partial charge in [-0.25, -0.2) is 17.9 Å². The second-order valence-corrected chi connectivity index (χ2v) is 22.3. The first kappa shape index (κ1) is 60.8. The standard InChI is InChI=1S/C50H77N9O13S/c1-29-30(2)41(31(3)33-22-23-50(10,11)71-40(29)33)73(68,69)59-46(52)53-25-17-21-35(43(64)55-28-38(60)61)56-44(65)36(20-15-16-24-54-47(67)72-49(7,8)9)57-45(66)37(26-32-18-13-12-14-19-32)58-42(63)34(51)27-39(62)70-48(4,5)6/h12-14,18-19,34-37H,15-17,20-28,51H2,1-11H3,(H,54,67)(H,55,64)(H,56,65)(H,57,66)(H,58,63)(H,60,61)(H3,52,53,59)/t34-,35-,36-,37+/m0/s1. The van der Waals surface area contributed by atoms with E-state index in [0.717, 1.165) is 5.56 Å². The van der Waals surface area contributed by atoms with Gasteiger partial charge in [0.1, 0.15) is 47.2 Å². The number of nitrogens with zero attached hydrogens (tertiary/aromatic N) is 1. The van der Waals surface area contributed by atoms with E-state index in [1.54, 1.807) is 92.6 Å². The van der Waals surface area contributed by atoms with Crippen molar-refractivity contribution in [1.29, 1.82) is 0 Å². The molecule has 0 aromatic heterocycles. The van der Waals surface area contributed by atoms with E-state index in [1.165, 1.54) is 0 Å². The molecular weight excluding hydrogens is 967 g/mol. The zero-order valence-corrected chi connectivity index (χ0v) is 44.9. The number of unbranched alkanes of at least 4 members (excludes halogenated alkanes) is 1. The Bertz CT molecular complexity index is 2450. The molecule has 0 spiro atoms. The Balaban J connectivity index is 1.86. The summed E-state index contributed by atoms with van der Waals surface area (Å²) in [6.45, 7) is 18.5. The van der Waals surface area contributed by atoms with E-state index in [9.17, 15) is 47.1 Å². The number of nitrogens with two attached hydrogens (primary N) is 2. The van der Waals surface area contributed by atoms with Crippen molar-refractivity contribution in [2.45, 2.75) is 180 Å². The molecular formula is C50H77N9O13S. The summed E-state index contributed by atoms with van der Waals surface area (Å²) >= 11 is 0. The van der Waals surface area contributed by atoms with Crippen molar-refractivity contribution in [3.8, 4) is 5.75 Å². The SMILES string of the molecule is Cc1c(C)c(S(=O)(=O)NC(N)=NCCC[C@H](NC(=O)[C@H](CCCCNC(=O)OC(C)(C)C)NC(=O)[C@@H](Cc2ccccc2)NC(=O)[C@@H](N)CC(=O)OC(C)(C)C)C(=O)NCC(=O)O)c(C)c2c1OC(C)(C)CC2. The lowest BCUT2D eigenvalue weighted by Gasteiger charge is -2.35. The Morgan fingerprint density at radius 2 is 1.36 bits per heavy atom. The van der Waals surface area contributed by atoms with Gasteiger partial charge in [0.05, 0.1) is 17.4 Å². The number of hydrogen-bond donors (Lipinski definition) is 9. The Morgan fingerprint density at radius 3 is 1.96 bits per heavy atom. The molecule has 0 unspecified atom stereocenters. The molecule has 11 N–H and O–H groups in total. The number of sulfonamides is 1. The summed E-state index contributed by atoms with van der Waals surface area (Å²) < 4.78 is 46.8. The highest BCUT2D eigenvalue weighted by molar-refractivity contribution is 7.90. The van der Waals surface area contributed by atoms with Gasteiger partial charge in [-0.1, -0.05) is 30.3 Å².